The number of likely N-dealkylation sites (N-methyl/N-ethyl adjacent to an activating group) is 1. The van der Waals surface area contributed by atoms with Crippen LogP contribution in [0.25, 0.3) is 11.0 Å². The Kier molecular flexibility index (Phi) is 5.14. The van der Waals surface area contributed by atoms with Crippen molar-refractivity contribution in [2.24, 2.45) is 0 Å². The maximum absolute atomic E-state index is 13.5. The molecule has 1 saturated heterocycles. The van der Waals surface area contributed by atoms with E-state index in [1.807, 2.05) is 47.4 Å². The van der Waals surface area contributed by atoms with Crippen LogP contribution in [0.2, 0.25) is 0 Å². The number of nitriles is 1. The molecule has 3 aromatic rings. The SMILES string of the molecule is CN1CCN(C(=O)C(Cc2c(C#N)ccc3occc23)c2ccccc2)CC1. The smallest absolute Gasteiger partial charge is 0.230 e. The second-order valence-corrected chi connectivity index (χ2v) is 7.33. The van der Waals surface area contributed by atoms with Gasteiger partial charge in [0.05, 0.1) is 23.8 Å². The molecule has 1 fully saturated rings. The fourth-order valence-electron chi connectivity index (χ4n) is 3.91. The second-order valence-electron chi connectivity index (χ2n) is 7.33. The zero-order valence-electron chi connectivity index (χ0n) is 16.0. The van der Waals surface area contributed by atoms with Gasteiger partial charge in [0.1, 0.15) is 5.58 Å². The van der Waals surface area contributed by atoms with Crippen LogP contribution < -0.4 is 0 Å². The monoisotopic (exact) mass is 373 g/mol. The number of hydrogen-bond acceptors (Lipinski definition) is 4. The molecule has 2 heterocycles. The molecule has 1 atom stereocenters. The van der Waals surface area contributed by atoms with Gasteiger partial charge in [-0.15, -0.1) is 0 Å². The van der Waals surface area contributed by atoms with Crippen LogP contribution in [-0.4, -0.2) is 48.9 Å². The van der Waals surface area contributed by atoms with Gasteiger partial charge in [-0.25, -0.2) is 0 Å². The van der Waals surface area contributed by atoms with Crippen LogP contribution in [0.4, 0.5) is 0 Å². The maximum Gasteiger partial charge on any atom is 0.230 e. The summed E-state index contributed by atoms with van der Waals surface area (Å²) in [6.45, 7) is 3.24. The van der Waals surface area contributed by atoms with E-state index in [-0.39, 0.29) is 11.8 Å². The Labute approximate surface area is 164 Å². The van der Waals surface area contributed by atoms with Gasteiger partial charge in [0.15, 0.2) is 0 Å². The van der Waals surface area contributed by atoms with Crippen molar-refractivity contribution in [1.82, 2.24) is 9.80 Å². The Morgan fingerprint density at radius 2 is 1.86 bits per heavy atom. The lowest BCUT2D eigenvalue weighted by Crippen LogP contribution is -2.48. The highest BCUT2D eigenvalue weighted by atomic mass is 16.3. The molecule has 2 aromatic carbocycles. The minimum Gasteiger partial charge on any atom is -0.464 e. The molecule has 5 heteroatoms. The number of fused-ring (bicyclic) bond motifs is 1. The number of piperazine rings is 1. The minimum atomic E-state index is -0.322. The van der Waals surface area contributed by atoms with Crippen molar-refractivity contribution in [1.29, 1.82) is 5.26 Å². The Balaban J connectivity index is 1.72. The van der Waals surface area contributed by atoms with Crippen LogP contribution in [0.1, 0.15) is 22.6 Å². The first-order valence-electron chi connectivity index (χ1n) is 9.59. The van der Waals surface area contributed by atoms with Crippen molar-refractivity contribution in [3.63, 3.8) is 0 Å². The van der Waals surface area contributed by atoms with Gasteiger partial charge >= 0.3 is 0 Å². The average molecular weight is 373 g/mol. The summed E-state index contributed by atoms with van der Waals surface area (Å²) in [5.74, 6) is -0.194. The van der Waals surface area contributed by atoms with Crippen LogP contribution in [-0.2, 0) is 11.2 Å². The molecule has 1 aromatic heterocycles. The fraction of sp³-hybridized carbons (Fsp3) is 0.304. The summed E-state index contributed by atoms with van der Waals surface area (Å²) < 4.78 is 5.52. The first kappa shape index (κ1) is 18.3. The maximum atomic E-state index is 13.5. The van der Waals surface area contributed by atoms with E-state index in [4.69, 9.17) is 4.42 Å². The van der Waals surface area contributed by atoms with Crippen molar-refractivity contribution in [2.75, 3.05) is 33.2 Å². The van der Waals surface area contributed by atoms with E-state index < -0.39 is 0 Å². The first-order chi connectivity index (χ1) is 13.7. The van der Waals surface area contributed by atoms with Crippen LogP contribution in [0, 0.1) is 11.3 Å². The lowest BCUT2D eigenvalue weighted by Gasteiger charge is -2.35. The minimum absolute atomic E-state index is 0.128. The quantitative estimate of drug-likeness (QED) is 0.703. The molecule has 1 aliphatic heterocycles. The Hall–Kier alpha value is -3.10. The van der Waals surface area contributed by atoms with Crippen LogP contribution >= 0.6 is 0 Å². The lowest BCUT2D eigenvalue weighted by atomic mass is 9.87. The third-order valence-corrected chi connectivity index (χ3v) is 5.59. The molecule has 0 radical (unpaired) electrons. The highest BCUT2D eigenvalue weighted by Gasteiger charge is 2.29. The highest BCUT2D eigenvalue weighted by molar-refractivity contribution is 5.87. The van der Waals surface area contributed by atoms with E-state index in [2.05, 4.69) is 18.0 Å². The zero-order valence-corrected chi connectivity index (χ0v) is 16.0. The summed E-state index contributed by atoms with van der Waals surface area (Å²) >= 11 is 0. The van der Waals surface area contributed by atoms with Crippen molar-refractivity contribution in [2.45, 2.75) is 12.3 Å². The van der Waals surface area contributed by atoms with Gasteiger partial charge in [-0.2, -0.15) is 5.26 Å². The standard InChI is InChI=1S/C23H23N3O2/c1-25-10-12-26(13-11-25)23(27)21(17-5-3-2-4-6-17)15-20-18(16-24)7-8-22-19(20)9-14-28-22/h2-9,14,21H,10-13,15H2,1H3. The van der Waals surface area contributed by atoms with Crippen molar-refractivity contribution >= 4 is 16.9 Å². The van der Waals surface area contributed by atoms with Gasteiger partial charge in [-0.3, -0.25) is 4.79 Å². The molecule has 28 heavy (non-hydrogen) atoms. The lowest BCUT2D eigenvalue weighted by molar-refractivity contribution is -0.134. The molecule has 1 aliphatic rings. The first-order valence-corrected chi connectivity index (χ1v) is 9.59. The molecule has 0 saturated carbocycles. The van der Waals surface area contributed by atoms with Gasteiger partial charge in [0.25, 0.3) is 0 Å². The zero-order chi connectivity index (χ0) is 19.5. The summed E-state index contributed by atoms with van der Waals surface area (Å²) in [5, 5.41) is 10.5. The number of carbonyl (C=O) groups excluding carboxylic acids is 1. The summed E-state index contributed by atoms with van der Waals surface area (Å²) in [5.41, 5.74) is 3.20. The number of carbonyl (C=O) groups is 1. The third kappa shape index (κ3) is 3.51. The largest absolute Gasteiger partial charge is 0.464 e. The van der Waals surface area contributed by atoms with Crippen molar-refractivity contribution in [3.8, 4) is 6.07 Å². The highest BCUT2D eigenvalue weighted by Crippen LogP contribution is 2.30. The van der Waals surface area contributed by atoms with E-state index in [9.17, 15) is 10.1 Å². The number of amides is 1. The normalized spacial score (nSPS) is 16.1. The molecule has 5 nitrogen and oxygen atoms in total. The predicted octanol–water partition coefficient (Wildman–Crippen LogP) is 3.40. The summed E-state index contributed by atoms with van der Waals surface area (Å²) in [6.07, 6.45) is 2.12. The Bertz CT molecular complexity index is 1010. The molecule has 0 aliphatic carbocycles. The van der Waals surface area contributed by atoms with Crippen LogP contribution in [0.3, 0.4) is 0 Å². The molecule has 1 unspecified atom stereocenters. The number of hydrogen-bond donors (Lipinski definition) is 0. The predicted molar refractivity (Wildman–Crippen MR) is 108 cm³/mol. The Morgan fingerprint density at radius 1 is 1.11 bits per heavy atom. The average Bonchev–Trinajstić information content (AvgIpc) is 3.21. The molecule has 0 spiro atoms. The van der Waals surface area contributed by atoms with Crippen molar-refractivity contribution < 1.29 is 9.21 Å². The molecular formula is C23H23N3O2. The van der Waals surface area contributed by atoms with E-state index in [0.29, 0.717) is 12.0 Å². The molecule has 142 valence electrons. The number of furan rings is 1. The topological polar surface area (TPSA) is 60.5 Å². The van der Waals surface area contributed by atoms with E-state index in [0.717, 1.165) is 48.3 Å². The van der Waals surface area contributed by atoms with Crippen molar-refractivity contribution in [3.05, 3.63) is 71.5 Å². The summed E-state index contributed by atoms with van der Waals surface area (Å²) in [7, 11) is 2.08. The summed E-state index contributed by atoms with van der Waals surface area (Å²) in [6, 6.07) is 17.6. The number of nitrogens with zero attached hydrogens (tertiary/aromatic N) is 3. The Morgan fingerprint density at radius 3 is 2.57 bits per heavy atom. The second kappa shape index (κ2) is 7.87. The van der Waals surface area contributed by atoms with E-state index in [1.54, 1.807) is 12.3 Å². The van der Waals surface area contributed by atoms with Crippen LogP contribution in [0.15, 0.2) is 59.2 Å². The van der Waals surface area contributed by atoms with Gasteiger partial charge in [0.2, 0.25) is 5.91 Å². The molecular weight excluding hydrogens is 350 g/mol. The summed E-state index contributed by atoms with van der Waals surface area (Å²) in [4.78, 5) is 17.7. The van der Waals surface area contributed by atoms with Crippen LogP contribution in [0.5, 0.6) is 0 Å². The van der Waals surface area contributed by atoms with Gasteiger partial charge < -0.3 is 14.2 Å². The van der Waals surface area contributed by atoms with E-state index >= 15 is 0 Å². The van der Waals surface area contributed by atoms with Gasteiger partial charge in [-0.1, -0.05) is 30.3 Å². The molecule has 4 rings (SSSR count). The molecule has 0 bridgehead atoms. The van der Waals surface area contributed by atoms with E-state index in [1.165, 1.54) is 0 Å². The third-order valence-electron chi connectivity index (χ3n) is 5.59. The molecule has 0 N–H and O–H groups in total. The number of rotatable bonds is 4. The van der Waals surface area contributed by atoms with Gasteiger partial charge in [0, 0.05) is 31.6 Å². The number of benzene rings is 2. The van der Waals surface area contributed by atoms with Gasteiger partial charge in [-0.05, 0) is 42.8 Å². The fourth-order valence-corrected chi connectivity index (χ4v) is 3.91. The molecule has 1 amide bonds.